The van der Waals surface area contributed by atoms with Crippen LogP contribution in [0.25, 0.3) is 0 Å². The lowest BCUT2D eigenvalue weighted by atomic mass is 10.1. The molecule has 0 saturated carbocycles. The maximum Gasteiger partial charge on any atom is 0.327 e. The second-order valence-electron chi connectivity index (χ2n) is 3.75. The zero-order valence-corrected chi connectivity index (χ0v) is 10.8. The molecule has 1 amide bonds. The third kappa shape index (κ3) is 1.85. The molecule has 1 aliphatic heterocycles. The highest BCUT2D eigenvalue weighted by atomic mass is 31.2. The van der Waals surface area contributed by atoms with Crippen molar-refractivity contribution in [3.63, 3.8) is 0 Å². The van der Waals surface area contributed by atoms with E-state index in [1.807, 2.05) is 0 Å². The molecular weight excluding hydrogens is 241 g/mol. The monoisotopic (exact) mass is 255 g/mol. The third-order valence-corrected chi connectivity index (χ3v) is 4.91. The van der Waals surface area contributed by atoms with Crippen LogP contribution >= 0.6 is 7.52 Å². The van der Waals surface area contributed by atoms with Crippen LogP contribution in [-0.2, 0) is 9.09 Å². The molecular formula is C11H14NO4P. The van der Waals surface area contributed by atoms with Gasteiger partial charge in [0.25, 0.3) is 5.91 Å². The summed E-state index contributed by atoms with van der Waals surface area (Å²) in [5.74, 6) is 0.195. The molecule has 2 rings (SSSR count). The molecule has 1 aromatic carbocycles. The molecule has 5 nitrogen and oxygen atoms in total. The predicted molar refractivity (Wildman–Crippen MR) is 64.1 cm³/mol. The summed E-state index contributed by atoms with van der Waals surface area (Å²) in [6.45, 7) is 3.80. The first-order chi connectivity index (χ1) is 8.01. The van der Waals surface area contributed by atoms with Crippen LogP contribution in [0.15, 0.2) is 12.1 Å². The number of ether oxygens (including phenoxy) is 1. The summed E-state index contributed by atoms with van der Waals surface area (Å²) in [6.07, 6.45) is 0. The Morgan fingerprint density at radius 1 is 1.41 bits per heavy atom. The maximum absolute atomic E-state index is 12.5. The number of nitrogens with one attached hydrogen (secondary N) is 1. The van der Waals surface area contributed by atoms with Gasteiger partial charge in [0.15, 0.2) is 0 Å². The fourth-order valence-corrected chi connectivity index (χ4v) is 4.03. The van der Waals surface area contributed by atoms with Crippen molar-refractivity contribution in [2.75, 3.05) is 13.7 Å². The van der Waals surface area contributed by atoms with Crippen molar-refractivity contribution in [1.29, 1.82) is 0 Å². The average molecular weight is 255 g/mol. The van der Waals surface area contributed by atoms with E-state index in [9.17, 15) is 9.36 Å². The average Bonchev–Trinajstić information content (AvgIpc) is 2.51. The van der Waals surface area contributed by atoms with Crippen LogP contribution in [0, 0.1) is 6.92 Å². The van der Waals surface area contributed by atoms with Gasteiger partial charge in [0.05, 0.1) is 24.6 Å². The van der Waals surface area contributed by atoms with E-state index in [4.69, 9.17) is 9.26 Å². The number of amides is 1. The lowest BCUT2D eigenvalue weighted by molar-refractivity contribution is 0.0982. The molecule has 6 heteroatoms. The molecule has 1 atom stereocenters. The molecule has 0 bridgehead atoms. The molecule has 0 spiro atoms. The fourth-order valence-electron chi connectivity index (χ4n) is 1.96. The van der Waals surface area contributed by atoms with E-state index in [0.717, 1.165) is 5.56 Å². The van der Waals surface area contributed by atoms with Crippen LogP contribution in [-0.4, -0.2) is 19.6 Å². The van der Waals surface area contributed by atoms with E-state index >= 15 is 0 Å². The molecule has 0 saturated heterocycles. The number of hydrogen-bond donors (Lipinski definition) is 1. The molecule has 0 aliphatic carbocycles. The highest BCUT2D eigenvalue weighted by Gasteiger charge is 2.41. The number of hydrogen-bond acceptors (Lipinski definition) is 4. The molecule has 0 radical (unpaired) electrons. The molecule has 1 N–H and O–H groups in total. The zero-order chi connectivity index (χ0) is 12.6. The Morgan fingerprint density at radius 3 is 2.71 bits per heavy atom. The van der Waals surface area contributed by atoms with Crippen LogP contribution < -0.4 is 15.1 Å². The smallest absolute Gasteiger partial charge is 0.327 e. The highest BCUT2D eigenvalue weighted by Crippen LogP contribution is 2.48. The van der Waals surface area contributed by atoms with E-state index in [2.05, 4.69) is 5.09 Å². The first-order valence-corrected chi connectivity index (χ1v) is 6.90. The van der Waals surface area contributed by atoms with Crippen molar-refractivity contribution in [3.05, 3.63) is 23.3 Å². The van der Waals surface area contributed by atoms with Gasteiger partial charge in [-0.2, -0.15) is 0 Å². The van der Waals surface area contributed by atoms with Gasteiger partial charge < -0.3 is 9.26 Å². The van der Waals surface area contributed by atoms with Crippen molar-refractivity contribution in [2.45, 2.75) is 13.8 Å². The van der Waals surface area contributed by atoms with Gasteiger partial charge in [0.2, 0.25) is 0 Å². The number of fused-ring (bicyclic) bond motifs is 1. The van der Waals surface area contributed by atoms with E-state index in [1.54, 1.807) is 26.0 Å². The number of benzene rings is 1. The summed E-state index contributed by atoms with van der Waals surface area (Å²) in [5.41, 5.74) is 1.10. The Morgan fingerprint density at radius 2 is 2.12 bits per heavy atom. The Balaban J connectivity index is 2.63. The largest absolute Gasteiger partial charge is 0.497 e. The summed E-state index contributed by atoms with van der Waals surface area (Å²) in [5, 5.41) is 2.89. The molecule has 1 heterocycles. The van der Waals surface area contributed by atoms with Crippen LogP contribution in [0.5, 0.6) is 5.75 Å². The van der Waals surface area contributed by atoms with Gasteiger partial charge >= 0.3 is 7.52 Å². The molecule has 0 fully saturated rings. The van der Waals surface area contributed by atoms with Crippen LogP contribution in [0.2, 0.25) is 0 Å². The van der Waals surface area contributed by atoms with Crippen molar-refractivity contribution in [3.8, 4) is 5.75 Å². The molecule has 17 heavy (non-hydrogen) atoms. The lowest BCUT2D eigenvalue weighted by Crippen LogP contribution is -2.15. The van der Waals surface area contributed by atoms with Gasteiger partial charge in [-0.15, -0.1) is 0 Å². The standard InChI is InChI=1S/C11H14NO4P/c1-4-16-17(14)10-7(2)5-8(15-3)6-9(10)11(13)12-17/h5-6H,4H2,1-3H3,(H,12,13,14). The van der Waals surface area contributed by atoms with Gasteiger partial charge in [0.1, 0.15) is 5.75 Å². The molecule has 1 aliphatic rings. The Hall–Kier alpha value is -1.32. The Bertz CT molecular complexity index is 526. The van der Waals surface area contributed by atoms with Gasteiger partial charge in [-0.25, -0.2) is 0 Å². The minimum Gasteiger partial charge on any atom is -0.497 e. The highest BCUT2D eigenvalue weighted by molar-refractivity contribution is 7.67. The number of carbonyl (C=O) groups excluding carboxylic acids is 1. The lowest BCUT2D eigenvalue weighted by Gasteiger charge is -2.14. The van der Waals surface area contributed by atoms with Crippen LogP contribution in [0.4, 0.5) is 0 Å². The summed E-state index contributed by atoms with van der Waals surface area (Å²) in [6, 6.07) is 3.32. The van der Waals surface area contributed by atoms with Gasteiger partial charge in [-0.1, -0.05) is 0 Å². The quantitative estimate of drug-likeness (QED) is 0.833. The van der Waals surface area contributed by atoms with Crippen LogP contribution in [0.3, 0.4) is 0 Å². The SMILES string of the molecule is CCOP1(=O)NC(=O)c2cc(OC)cc(C)c21. The summed E-state index contributed by atoms with van der Waals surface area (Å²) >= 11 is 0. The first-order valence-electron chi connectivity index (χ1n) is 5.28. The Kier molecular flexibility index (Phi) is 2.98. The summed E-state index contributed by atoms with van der Waals surface area (Å²) in [4.78, 5) is 11.8. The summed E-state index contributed by atoms with van der Waals surface area (Å²) in [7, 11) is -1.72. The minimum atomic E-state index is -3.24. The first kappa shape index (κ1) is 12.1. The number of carbonyl (C=O) groups is 1. The van der Waals surface area contributed by atoms with E-state index in [1.165, 1.54) is 7.11 Å². The topological polar surface area (TPSA) is 64.6 Å². The van der Waals surface area contributed by atoms with Gasteiger partial charge in [-0.3, -0.25) is 14.4 Å². The van der Waals surface area contributed by atoms with Crippen LogP contribution in [0.1, 0.15) is 22.8 Å². The normalized spacial score (nSPS) is 22.2. The fraction of sp³-hybridized carbons (Fsp3) is 0.364. The molecule has 1 aromatic rings. The van der Waals surface area contributed by atoms with Crippen molar-refractivity contribution >= 4 is 18.7 Å². The van der Waals surface area contributed by atoms with Crippen molar-refractivity contribution < 1.29 is 18.6 Å². The molecule has 0 aromatic heterocycles. The second-order valence-corrected chi connectivity index (χ2v) is 5.78. The number of rotatable bonds is 3. The van der Waals surface area contributed by atoms with E-state index in [0.29, 0.717) is 16.6 Å². The molecule has 92 valence electrons. The minimum absolute atomic E-state index is 0.280. The van der Waals surface area contributed by atoms with Crippen molar-refractivity contribution in [1.82, 2.24) is 5.09 Å². The van der Waals surface area contributed by atoms with E-state index < -0.39 is 7.52 Å². The molecule has 1 unspecified atom stereocenters. The van der Waals surface area contributed by atoms with Crippen molar-refractivity contribution in [2.24, 2.45) is 0 Å². The van der Waals surface area contributed by atoms with Gasteiger partial charge in [0, 0.05) is 0 Å². The number of methoxy groups -OCH3 is 1. The predicted octanol–water partition coefficient (Wildman–Crippen LogP) is 1.60. The van der Waals surface area contributed by atoms with Gasteiger partial charge in [-0.05, 0) is 31.5 Å². The maximum atomic E-state index is 12.5. The number of aryl methyl sites for hydroxylation is 1. The third-order valence-electron chi connectivity index (χ3n) is 2.61. The second kappa shape index (κ2) is 4.17. The summed E-state index contributed by atoms with van der Waals surface area (Å²) < 4.78 is 22.8. The van der Waals surface area contributed by atoms with E-state index in [-0.39, 0.29) is 12.5 Å². The zero-order valence-electron chi connectivity index (χ0n) is 9.94. The Labute approximate surface area is 99.6 Å².